The van der Waals surface area contributed by atoms with Crippen molar-refractivity contribution in [1.29, 1.82) is 0 Å². The van der Waals surface area contributed by atoms with Crippen molar-refractivity contribution < 1.29 is 4.39 Å². The van der Waals surface area contributed by atoms with E-state index in [4.69, 9.17) is 17.3 Å². The molecule has 2 N–H and O–H groups in total. The van der Waals surface area contributed by atoms with Crippen molar-refractivity contribution in [3.8, 4) is 0 Å². The Hall–Kier alpha value is -1.38. The van der Waals surface area contributed by atoms with E-state index >= 15 is 0 Å². The summed E-state index contributed by atoms with van der Waals surface area (Å²) in [7, 11) is 0. The first kappa shape index (κ1) is 13.6. The Morgan fingerprint density at radius 3 is 2.70 bits per heavy atom. The molecule has 0 fully saturated rings. The molecule has 1 aliphatic carbocycles. The van der Waals surface area contributed by atoms with Crippen molar-refractivity contribution in [1.82, 2.24) is 0 Å². The van der Waals surface area contributed by atoms with Gasteiger partial charge in [-0.25, -0.2) is 4.39 Å². The highest BCUT2D eigenvalue weighted by molar-refractivity contribution is 6.31. The maximum Gasteiger partial charge on any atom is 0.127 e. The first-order chi connectivity index (χ1) is 9.56. The third-order valence-corrected chi connectivity index (χ3v) is 4.42. The molecule has 3 rings (SSSR count). The van der Waals surface area contributed by atoms with Gasteiger partial charge in [0.2, 0.25) is 0 Å². The summed E-state index contributed by atoms with van der Waals surface area (Å²) >= 11 is 6.14. The lowest BCUT2D eigenvalue weighted by atomic mass is 9.95. The molecule has 3 heteroatoms. The lowest BCUT2D eigenvalue weighted by Crippen LogP contribution is -2.13. The Morgan fingerprint density at radius 2 is 1.90 bits per heavy atom. The van der Waals surface area contributed by atoms with Gasteiger partial charge >= 0.3 is 0 Å². The fourth-order valence-corrected chi connectivity index (χ4v) is 3.15. The molecule has 1 unspecified atom stereocenters. The molecular weight excluding hydrogens is 273 g/mol. The highest BCUT2D eigenvalue weighted by Crippen LogP contribution is 2.31. The van der Waals surface area contributed by atoms with E-state index in [1.807, 2.05) is 0 Å². The molecule has 2 aromatic rings. The highest BCUT2D eigenvalue weighted by Gasteiger charge is 2.17. The van der Waals surface area contributed by atoms with Gasteiger partial charge in [-0.2, -0.15) is 0 Å². The summed E-state index contributed by atoms with van der Waals surface area (Å²) in [6.45, 7) is 1.73. The molecule has 1 nitrogen and oxygen atoms in total. The fraction of sp³-hybridized carbons (Fsp3) is 0.294. The molecule has 104 valence electrons. The molecule has 0 bridgehead atoms. The van der Waals surface area contributed by atoms with Crippen molar-refractivity contribution in [3.63, 3.8) is 0 Å². The van der Waals surface area contributed by atoms with E-state index in [0.717, 1.165) is 24.0 Å². The number of fused-ring (bicyclic) bond motifs is 1. The zero-order valence-electron chi connectivity index (χ0n) is 11.4. The van der Waals surface area contributed by atoms with E-state index in [1.165, 1.54) is 23.6 Å². The van der Waals surface area contributed by atoms with E-state index < -0.39 is 0 Å². The first-order valence-electron chi connectivity index (χ1n) is 6.89. The Bertz CT molecular complexity index is 666. The Balaban J connectivity index is 2.00. The molecule has 0 heterocycles. The third kappa shape index (κ3) is 2.34. The van der Waals surface area contributed by atoms with Crippen LogP contribution in [-0.4, -0.2) is 0 Å². The van der Waals surface area contributed by atoms with Crippen LogP contribution in [-0.2, 0) is 12.8 Å². The number of benzene rings is 2. The summed E-state index contributed by atoms with van der Waals surface area (Å²) in [5, 5.41) is 0.390. The molecule has 0 saturated heterocycles. The lowest BCUT2D eigenvalue weighted by Gasteiger charge is -2.16. The predicted molar refractivity (Wildman–Crippen MR) is 80.6 cm³/mol. The van der Waals surface area contributed by atoms with E-state index in [-0.39, 0.29) is 11.9 Å². The number of aryl methyl sites for hydroxylation is 3. The van der Waals surface area contributed by atoms with Gasteiger partial charge in [0.25, 0.3) is 0 Å². The third-order valence-electron chi connectivity index (χ3n) is 4.09. The summed E-state index contributed by atoms with van der Waals surface area (Å²) in [6.07, 6.45) is 3.48. The van der Waals surface area contributed by atoms with Gasteiger partial charge in [0.05, 0.1) is 6.04 Å². The van der Waals surface area contributed by atoms with Crippen LogP contribution in [0, 0.1) is 12.7 Å². The van der Waals surface area contributed by atoms with Gasteiger partial charge < -0.3 is 5.73 Å². The summed E-state index contributed by atoms with van der Waals surface area (Å²) in [6, 6.07) is 9.16. The maximum absolute atomic E-state index is 13.5. The van der Waals surface area contributed by atoms with Crippen molar-refractivity contribution in [2.45, 2.75) is 32.2 Å². The van der Waals surface area contributed by atoms with Crippen LogP contribution in [0.2, 0.25) is 5.02 Å². The quantitative estimate of drug-likeness (QED) is 0.875. The maximum atomic E-state index is 13.5. The second-order valence-corrected chi connectivity index (χ2v) is 5.89. The van der Waals surface area contributed by atoms with Crippen LogP contribution in [0.15, 0.2) is 30.3 Å². The summed E-state index contributed by atoms with van der Waals surface area (Å²) in [5.74, 6) is -0.292. The van der Waals surface area contributed by atoms with E-state index in [9.17, 15) is 4.39 Å². The largest absolute Gasteiger partial charge is 0.320 e. The number of hydrogen-bond acceptors (Lipinski definition) is 1. The molecule has 1 atom stereocenters. The van der Waals surface area contributed by atoms with Gasteiger partial charge in [0.1, 0.15) is 5.82 Å². The summed E-state index contributed by atoms with van der Waals surface area (Å²) in [5.41, 5.74) is 11.5. The van der Waals surface area contributed by atoms with Gasteiger partial charge in [-0.3, -0.25) is 0 Å². The van der Waals surface area contributed by atoms with Crippen LogP contribution in [0.25, 0.3) is 0 Å². The summed E-state index contributed by atoms with van der Waals surface area (Å²) in [4.78, 5) is 0. The van der Waals surface area contributed by atoms with Gasteiger partial charge in [-0.05, 0) is 66.1 Å². The number of nitrogens with two attached hydrogens (primary N) is 1. The van der Waals surface area contributed by atoms with Crippen molar-refractivity contribution in [2.24, 2.45) is 5.73 Å². The van der Waals surface area contributed by atoms with Gasteiger partial charge in [-0.15, -0.1) is 0 Å². The fourth-order valence-electron chi connectivity index (χ4n) is 2.88. The smallest absolute Gasteiger partial charge is 0.127 e. The van der Waals surface area contributed by atoms with Gasteiger partial charge in [0.15, 0.2) is 0 Å². The molecule has 20 heavy (non-hydrogen) atoms. The van der Waals surface area contributed by atoms with Crippen LogP contribution >= 0.6 is 11.6 Å². The van der Waals surface area contributed by atoms with Crippen LogP contribution < -0.4 is 5.73 Å². The number of hydrogen-bond donors (Lipinski definition) is 1. The van der Waals surface area contributed by atoms with Crippen molar-refractivity contribution in [3.05, 3.63) is 69.0 Å². The Kier molecular flexibility index (Phi) is 3.53. The number of rotatable bonds is 2. The first-order valence-corrected chi connectivity index (χ1v) is 7.27. The monoisotopic (exact) mass is 289 g/mol. The zero-order valence-corrected chi connectivity index (χ0v) is 12.2. The van der Waals surface area contributed by atoms with E-state index in [2.05, 4.69) is 18.2 Å². The number of halogens is 2. The van der Waals surface area contributed by atoms with Crippen LogP contribution in [0.5, 0.6) is 0 Å². The molecule has 2 aromatic carbocycles. The Morgan fingerprint density at radius 1 is 1.15 bits per heavy atom. The normalized spacial score (nSPS) is 15.2. The minimum Gasteiger partial charge on any atom is -0.320 e. The topological polar surface area (TPSA) is 26.0 Å². The van der Waals surface area contributed by atoms with Crippen molar-refractivity contribution in [2.75, 3.05) is 0 Å². The molecule has 1 aliphatic rings. The van der Waals surface area contributed by atoms with Gasteiger partial charge in [0, 0.05) is 5.02 Å². The zero-order chi connectivity index (χ0) is 14.3. The highest BCUT2D eigenvalue weighted by atomic mass is 35.5. The SMILES string of the molecule is Cc1cc(C(N)c2ccc3c(c2)CCC3)c(Cl)cc1F. The predicted octanol–water partition coefficient (Wildman–Crippen LogP) is 4.32. The van der Waals surface area contributed by atoms with Crippen LogP contribution in [0.3, 0.4) is 0 Å². The molecule has 0 aromatic heterocycles. The minimum absolute atomic E-state index is 0.292. The second-order valence-electron chi connectivity index (χ2n) is 5.48. The Labute approximate surface area is 123 Å². The van der Waals surface area contributed by atoms with Crippen LogP contribution in [0.4, 0.5) is 4.39 Å². The molecule has 0 spiro atoms. The average Bonchev–Trinajstić information content (AvgIpc) is 2.89. The second kappa shape index (κ2) is 5.19. The molecule has 0 amide bonds. The van der Waals surface area contributed by atoms with E-state index in [1.54, 1.807) is 13.0 Å². The molecular formula is C17H17ClFN. The van der Waals surface area contributed by atoms with E-state index in [0.29, 0.717) is 10.6 Å². The molecule has 0 radical (unpaired) electrons. The van der Waals surface area contributed by atoms with Gasteiger partial charge in [-0.1, -0.05) is 29.8 Å². The van der Waals surface area contributed by atoms with Crippen LogP contribution in [0.1, 0.15) is 40.3 Å². The van der Waals surface area contributed by atoms with Crippen molar-refractivity contribution >= 4 is 11.6 Å². The standard InChI is InChI=1S/C17H17ClFN/c1-10-7-14(15(18)9-16(10)19)17(20)13-6-5-11-3-2-4-12(11)8-13/h5-9,17H,2-4,20H2,1H3. The molecule has 0 saturated carbocycles. The summed E-state index contributed by atoms with van der Waals surface area (Å²) < 4.78 is 13.5. The average molecular weight is 290 g/mol. The minimum atomic E-state index is -0.312. The lowest BCUT2D eigenvalue weighted by molar-refractivity contribution is 0.617. The molecule has 0 aliphatic heterocycles.